The second-order valence-electron chi connectivity index (χ2n) is 4.16. The van der Waals surface area contributed by atoms with Crippen LogP contribution in [0.5, 0.6) is 0 Å². The molecule has 0 bridgehead atoms. The summed E-state index contributed by atoms with van der Waals surface area (Å²) in [5.41, 5.74) is 0.845. The number of rotatable bonds is 5. The molecule has 2 aromatic rings. The van der Waals surface area contributed by atoms with Crippen LogP contribution in [0.25, 0.3) is 0 Å². The second-order valence-corrected chi connectivity index (χ2v) is 4.16. The number of aliphatic carboxylic acids is 1. The molecule has 0 spiro atoms. The minimum Gasteiger partial charge on any atom is -0.480 e. The Balaban J connectivity index is 2.02. The number of carbonyl (C=O) groups is 2. The quantitative estimate of drug-likeness (QED) is 0.790. The minimum atomic E-state index is -1.11. The van der Waals surface area contributed by atoms with E-state index >= 15 is 0 Å². The number of aromatic nitrogens is 4. The van der Waals surface area contributed by atoms with Crippen molar-refractivity contribution in [1.82, 2.24) is 25.3 Å². The highest BCUT2D eigenvalue weighted by molar-refractivity contribution is 5.94. The van der Waals surface area contributed by atoms with Crippen LogP contribution in [0.4, 0.5) is 0 Å². The SMILES string of the molecule is C[C@@H](NC(=O)c1cn(Cc2ccccn2)nn1)C(=O)O. The summed E-state index contributed by atoms with van der Waals surface area (Å²) in [5.74, 6) is -1.69. The summed E-state index contributed by atoms with van der Waals surface area (Å²) >= 11 is 0. The Bertz CT molecular complexity index is 611. The van der Waals surface area contributed by atoms with Crippen LogP contribution < -0.4 is 5.32 Å². The van der Waals surface area contributed by atoms with Gasteiger partial charge in [0.05, 0.1) is 18.4 Å². The Morgan fingerprint density at radius 3 is 2.90 bits per heavy atom. The van der Waals surface area contributed by atoms with Crippen molar-refractivity contribution in [2.45, 2.75) is 19.5 Å². The number of carbonyl (C=O) groups excluding carboxylic acids is 1. The number of hydrogen-bond donors (Lipinski definition) is 2. The maximum Gasteiger partial charge on any atom is 0.325 e. The third-order valence-electron chi connectivity index (χ3n) is 2.54. The lowest BCUT2D eigenvalue weighted by Gasteiger charge is -2.06. The van der Waals surface area contributed by atoms with Crippen molar-refractivity contribution in [3.05, 3.63) is 42.0 Å². The summed E-state index contributed by atoms with van der Waals surface area (Å²) in [5, 5.41) is 18.5. The number of nitrogens with zero attached hydrogens (tertiary/aromatic N) is 4. The van der Waals surface area contributed by atoms with Gasteiger partial charge in [0.1, 0.15) is 6.04 Å². The standard InChI is InChI=1S/C12H13N5O3/c1-8(12(19)20)14-11(18)10-7-17(16-15-10)6-9-4-2-3-5-13-9/h2-5,7-8H,6H2,1H3,(H,14,18)(H,19,20)/t8-/m1/s1. The monoisotopic (exact) mass is 275 g/mol. The molecular weight excluding hydrogens is 262 g/mol. The highest BCUT2D eigenvalue weighted by Gasteiger charge is 2.17. The molecule has 2 aromatic heterocycles. The number of amides is 1. The van der Waals surface area contributed by atoms with E-state index in [2.05, 4.69) is 20.6 Å². The van der Waals surface area contributed by atoms with E-state index in [0.29, 0.717) is 6.54 Å². The Labute approximate surface area is 114 Å². The Morgan fingerprint density at radius 1 is 1.45 bits per heavy atom. The largest absolute Gasteiger partial charge is 0.480 e. The fourth-order valence-corrected chi connectivity index (χ4v) is 1.47. The summed E-state index contributed by atoms with van der Waals surface area (Å²) in [7, 11) is 0. The zero-order valence-electron chi connectivity index (χ0n) is 10.7. The van der Waals surface area contributed by atoms with Crippen LogP contribution >= 0.6 is 0 Å². The molecule has 2 N–H and O–H groups in total. The maximum atomic E-state index is 11.7. The smallest absolute Gasteiger partial charge is 0.325 e. The topological polar surface area (TPSA) is 110 Å². The first-order valence-corrected chi connectivity index (χ1v) is 5.90. The number of pyridine rings is 1. The molecule has 2 heterocycles. The van der Waals surface area contributed by atoms with Gasteiger partial charge in [-0.25, -0.2) is 4.68 Å². The molecule has 1 atom stereocenters. The fourth-order valence-electron chi connectivity index (χ4n) is 1.47. The number of nitrogens with one attached hydrogen (secondary N) is 1. The van der Waals surface area contributed by atoms with Crippen molar-refractivity contribution >= 4 is 11.9 Å². The van der Waals surface area contributed by atoms with Gasteiger partial charge in [-0.3, -0.25) is 14.6 Å². The first kappa shape index (κ1) is 13.7. The summed E-state index contributed by atoms with van der Waals surface area (Å²) in [6.45, 7) is 1.76. The fraction of sp³-hybridized carbons (Fsp3) is 0.250. The van der Waals surface area contributed by atoms with Gasteiger partial charge in [0.15, 0.2) is 5.69 Å². The van der Waals surface area contributed by atoms with Gasteiger partial charge >= 0.3 is 5.97 Å². The first-order valence-electron chi connectivity index (χ1n) is 5.90. The highest BCUT2D eigenvalue weighted by Crippen LogP contribution is 1.99. The van der Waals surface area contributed by atoms with Crippen LogP contribution in [0, 0.1) is 0 Å². The van der Waals surface area contributed by atoms with Gasteiger partial charge in [-0.05, 0) is 19.1 Å². The molecule has 104 valence electrons. The van der Waals surface area contributed by atoms with E-state index in [1.807, 2.05) is 12.1 Å². The third-order valence-corrected chi connectivity index (χ3v) is 2.54. The lowest BCUT2D eigenvalue weighted by molar-refractivity contribution is -0.138. The number of hydrogen-bond acceptors (Lipinski definition) is 5. The Kier molecular flexibility index (Phi) is 4.04. The lowest BCUT2D eigenvalue weighted by Crippen LogP contribution is -2.38. The molecule has 8 heteroatoms. The average molecular weight is 275 g/mol. The summed E-state index contributed by atoms with van der Waals surface area (Å²) < 4.78 is 1.46. The van der Waals surface area contributed by atoms with Crippen molar-refractivity contribution in [1.29, 1.82) is 0 Å². The van der Waals surface area contributed by atoms with Crippen molar-refractivity contribution in [2.24, 2.45) is 0 Å². The van der Waals surface area contributed by atoms with Crippen LogP contribution in [0.1, 0.15) is 23.1 Å². The van der Waals surface area contributed by atoms with Crippen LogP contribution in [0.2, 0.25) is 0 Å². The third kappa shape index (κ3) is 3.37. The molecule has 8 nitrogen and oxygen atoms in total. The summed E-state index contributed by atoms with van der Waals surface area (Å²) in [4.78, 5) is 26.5. The molecule has 0 saturated heterocycles. The zero-order chi connectivity index (χ0) is 14.5. The molecule has 1 amide bonds. The molecule has 0 aromatic carbocycles. The van der Waals surface area contributed by atoms with E-state index < -0.39 is 17.9 Å². The van der Waals surface area contributed by atoms with E-state index in [1.54, 1.807) is 12.3 Å². The van der Waals surface area contributed by atoms with Crippen LogP contribution in [0.15, 0.2) is 30.6 Å². The average Bonchev–Trinajstić information content (AvgIpc) is 2.88. The molecule has 0 aliphatic rings. The van der Waals surface area contributed by atoms with Gasteiger partial charge in [-0.15, -0.1) is 5.10 Å². The molecule has 0 radical (unpaired) electrons. The van der Waals surface area contributed by atoms with Gasteiger partial charge in [0, 0.05) is 6.20 Å². The van der Waals surface area contributed by atoms with E-state index in [-0.39, 0.29) is 5.69 Å². The molecule has 0 saturated carbocycles. The van der Waals surface area contributed by atoms with Crippen molar-refractivity contribution in [2.75, 3.05) is 0 Å². The van der Waals surface area contributed by atoms with Crippen molar-refractivity contribution in [3.8, 4) is 0 Å². The number of carboxylic acid groups (broad SMARTS) is 1. The van der Waals surface area contributed by atoms with Gasteiger partial charge in [-0.1, -0.05) is 11.3 Å². The predicted octanol–water partition coefficient (Wildman–Crippen LogP) is -0.0757. The predicted molar refractivity (Wildman–Crippen MR) is 67.9 cm³/mol. The summed E-state index contributed by atoms with van der Waals surface area (Å²) in [6.07, 6.45) is 3.10. The molecule has 0 aliphatic carbocycles. The van der Waals surface area contributed by atoms with Crippen molar-refractivity contribution in [3.63, 3.8) is 0 Å². The van der Waals surface area contributed by atoms with E-state index in [1.165, 1.54) is 17.8 Å². The molecular formula is C12H13N5O3. The van der Waals surface area contributed by atoms with Gasteiger partial charge in [0.25, 0.3) is 5.91 Å². The van der Waals surface area contributed by atoms with E-state index in [4.69, 9.17) is 5.11 Å². The highest BCUT2D eigenvalue weighted by atomic mass is 16.4. The molecule has 20 heavy (non-hydrogen) atoms. The van der Waals surface area contributed by atoms with Gasteiger partial charge in [-0.2, -0.15) is 0 Å². The molecule has 0 unspecified atom stereocenters. The lowest BCUT2D eigenvalue weighted by atomic mass is 10.3. The van der Waals surface area contributed by atoms with E-state index in [0.717, 1.165) is 5.69 Å². The van der Waals surface area contributed by atoms with Crippen LogP contribution in [-0.4, -0.2) is 43.0 Å². The van der Waals surface area contributed by atoms with Gasteiger partial charge in [0.2, 0.25) is 0 Å². The van der Waals surface area contributed by atoms with Gasteiger partial charge < -0.3 is 10.4 Å². The molecule has 2 rings (SSSR count). The second kappa shape index (κ2) is 5.91. The Hall–Kier alpha value is -2.77. The normalized spacial score (nSPS) is 11.8. The van der Waals surface area contributed by atoms with Crippen LogP contribution in [0.3, 0.4) is 0 Å². The first-order chi connectivity index (χ1) is 9.56. The molecule has 0 fully saturated rings. The molecule has 0 aliphatic heterocycles. The van der Waals surface area contributed by atoms with Crippen molar-refractivity contribution < 1.29 is 14.7 Å². The maximum absolute atomic E-state index is 11.7. The summed E-state index contributed by atoms with van der Waals surface area (Å²) in [6, 6.07) is 4.50. The Morgan fingerprint density at radius 2 is 2.25 bits per heavy atom. The minimum absolute atomic E-state index is 0.0639. The van der Waals surface area contributed by atoms with Crippen LogP contribution in [-0.2, 0) is 11.3 Å². The number of carboxylic acids is 1. The zero-order valence-corrected chi connectivity index (χ0v) is 10.7. The van der Waals surface area contributed by atoms with E-state index in [9.17, 15) is 9.59 Å².